The fourth-order valence-electron chi connectivity index (χ4n) is 2.83. The zero-order valence-corrected chi connectivity index (χ0v) is 13.0. The summed E-state index contributed by atoms with van der Waals surface area (Å²) in [5.74, 6) is 2.48. The van der Waals surface area contributed by atoms with E-state index in [1.54, 1.807) is 25.1 Å². The minimum atomic E-state index is -0.385. The Morgan fingerprint density at radius 1 is 0.720 bits per heavy atom. The molecule has 0 aliphatic carbocycles. The molecule has 0 saturated heterocycles. The Bertz CT molecular complexity index is 1300. The molecule has 0 fully saturated rings. The standard InChI is InChI=1S/C10H6O3.C9H4O3/c1-5-9-8-6(12-9)3-2-4-7(8)13-10(5)11;10-9-8-7(12-8)5-3-1-2-4-6(5)11-9/h2-4H,1H3;1-4H. The lowest BCUT2D eigenvalue weighted by Crippen LogP contribution is -2.10. The number of para-hydroxylation sites is 1. The van der Waals surface area contributed by atoms with Gasteiger partial charge < -0.3 is 18.3 Å². The predicted octanol–water partition coefficient (Wildman–Crippen LogP) is 4.11. The van der Waals surface area contributed by atoms with Gasteiger partial charge in [-0.2, -0.15) is 0 Å². The van der Waals surface area contributed by atoms with E-state index >= 15 is 0 Å². The molecule has 122 valence electrons. The van der Waals surface area contributed by atoms with Crippen LogP contribution in [0.1, 0.15) is 5.56 Å². The van der Waals surface area contributed by atoms with E-state index in [1.165, 1.54) is 0 Å². The van der Waals surface area contributed by atoms with Crippen molar-refractivity contribution >= 4 is 21.9 Å². The highest BCUT2D eigenvalue weighted by Gasteiger charge is 2.29. The van der Waals surface area contributed by atoms with Crippen LogP contribution in [0, 0.1) is 6.92 Å². The first-order chi connectivity index (χ1) is 12.1. The third-order valence-electron chi connectivity index (χ3n) is 4.16. The summed E-state index contributed by atoms with van der Waals surface area (Å²) in [5, 5.41) is 1.80. The van der Waals surface area contributed by atoms with Crippen molar-refractivity contribution in [2.75, 3.05) is 0 Å². The molecule has 2 aliphatic heterocycles. The van der Waals surface area contributed by atoms with E-state index in [2.05, 4.69) is 0 Å². The first-order valence-corrected chi connectivity index (χ1v) is 7.61. The molecule has 0 N–H and O–H groups in total. The first-order valence-electron chi connectivity index (χ1n) is 7.61. The van der Waals surface area contributed by atoms with Gasteiger partial charge in [0, 0.05) is 0 Å². The minimum Gasteiger partial charge on any atom is -0.455 e. The van der Waals surface area contributed by atoms with Crippen molar-refractivity contribution in [1.82, 2.24) is 0 Å². The van der Waals surface area contributed by atoms with Gasteiger partial charge in [-0.25, -0.2) is 9.59 Å². The van der Waals surface area contributed by atoms with Crippen molar-refractivity contribution < 1.29 is 18.3 Å². The molecule has 0 bridgehead atoms. The van der Waals surface area contributed by atoms with Gasteiger partial charge >= 0.3 is 11.3 Å². The van der Waals surface area contributed by atoms with Gasteiger partial charge in [-0.1, -0.05) is 18.2 Å². The molecule has 2 aromatic carbocycles. The number of hydrogen-bond acceptors (Lipinski definition) is 6. The van der Waals surface area contributed by atoms with Crippen molar-refractivity contribution in [2.45, 2.75) is 6.92 Å². The van der Waals surface area contributed by atoms with Crippen LogP contribution in [0.2, 0.25) is 0 Å². The van der Waals surface area contributed by atoms with Crippen LogP contribution in [-0.4, -0.2) is 0 Å². The Kier molecular flexibility index (Phi) is 2.62. The fraction of sp³-hybridized carbons (Fsp3) is 0.0526. The van der Waals surface area contributed by atoms with E-state index in [0.29, 0.717) is 34.0 Å². The zero-order chi connectivity index (χ0) is 17.1. The summed E-state index contributed by atoms with van der Waals surface area (Å²) in [4.78, 5) is 22.2. The summed E-state index contributed by atoms with van der Waals surface area (Å²) in [6.07, 6.45) is 0. The summed E-state index contributed by atoms with van der Waals surface area (Å²) in [5.41, 5.74) is 1.03. The van der Waals surface area contributed by atoms with Gasteiger partial charge in [-0.05, 0) is 31.2 Å². The molecule has 2 aromatic heterocycles. The smallest absolute Gasteiger partial charge is 0.383 e. The van der Waals surface area contributed by atoms with Gasteiger partial charge in [0.05, 0.1) is 10.9 Å². The Morgan fingerprint density at radius 3 is 2.36 bits per heavy atom. The molecule has 6 nitrogen and oxygen atoms in total. The Balaban J connectivity index is 0.000000112. The van der Waals surface area contributed by atoms with Crippen LogP contribution in [0.5, 0.6) is 23.0 Å². The fourth-order valence-corrected chi connectivity index (χ4v) is 2.83. The number of fused-ring (bicyclic) bond motifs is 3. The quantitative estimate of drug-likeness (QED) is 0.307. The average molecular weight is 334 g/mol. The van der Waals surface area contributed by atoms with Crippen molar-refractivity contribution in [3.05, 3.63) is 68.9 Å². The van der Waals surface area contributed by atoms with E-state index < -0.39 is 0 Å². The second kappa shape index (κ2) is 4.73. The lowest BCUT2D eigenvalue weighted by atomic mass is 10.1. The highest BCUT2D eigenvalue weighted by molar-refractivity contribution is 5.95. The number of ether oxygens (including phenoxy) is 2. The maximum Gasteiger partial charge on any atom is 0.383 e. The van der Waals surface area contributed by atoms with E-state index in [9.17, 15) is 9.59 Å². The summed E-state index contributed by atoms with van der Waals surface area (Å²) < 4.78 is 20.3. The normalized spacial score (nSPS) is 12.4. The maximum atomic E-state index is 11.2. The van der Waals surface area contributed by atoms with E-state index in [0.717, 1.165) is 16.5 Å². The lowest BCUT2D eigenvalue weighted by Gasteiger charge is -2.20. The molecule has 4 heterocycles. The molecule has 6 rings (SSSR count). The topological polar surface area (TPSA) is 82.2 Å². The van der Waals surface area contributed by atoms with Crippen LogP contribution in [-0.2, 0) is 0 Å². The van der Waals surface area contributed by atoms with Crippen molar-refractivity contribution in [3.63, 3.8) is 0 Å². The molecule has 4 aromatic rings. The highest BCUT2D eigenvalue weighted by atomic mass is 16.6. The summed E-state index contributed by atoms with van der Waals surface area (Å²) in [6.45, 7) is 1.70. The van der Waals surface area contributed by atoms with Crippen molar-refractivity contribution in [2.24, 2.45) is 0 Å². The average Bonchev–Trinajstić information content (AvgIpc) is 3.38. The highest BCUT2D eigenvalue weighted by Crippen LogP contribution is 2.47. The number of rotatable bonds is 0. The van der Waals surface area contributed by atoms with Crippen LogP contribution in [0.3, 0.4) is 0 Å². The molecule has 0 amide bonds. The molecule has 0 atom stereocenters. The Morgan fingerprint density at radius 2 is 1.48 bits per heavy atom. The summed E-state index contributed by atoms with van der Waals surface area (Å²) in [7, 11) is 0. The third kappa shape index (κ3) is 1.97. The molecule has 0 radical (unpaired) electrons. The van der Waals surface area contributed by atoms with E-state index in [1.807, 2.05) is 24.3 Å². The predicted molar refractivity (Wildman–Crippen MR) is 89.9 cm³/mol. The number of hydrogen-bond donors (Lipinski definition) is 0. The first kappa shape index (κ1) is 13.9. The number of benzene rings is 2. The molecule has 6 heteroatoms. The summed E-state index contributed by atoms with van der Waals surface area (Å²) >= 11 is 0. The van der Waals surface area contributed by atoms with Crippen LogP contribution < -0.4 is 20.7 Å². The molecule has 0 spiro atoms. The monoisotopic (exact) mass is 334 g/mol. The molecule has 0 unspecified atom stereocenters. The van der Waals surface area contributed by atoms with Crippen molar-refractivity contribution in [1.29, 1.82) is 0 Å². The molecular weight excluding hydrogens is 324 g/mol. The van der Waals surface area contributed by atoms with Gasteiger partial charge in [0.15, 0.2) is 11.5 Å². The lowest BCUT2D eigenvalue weighted by molar-refractivity contribution is 0.438. The van der Waals surface area contributed by atoms with E-state index in [-0.39, 0.29) is 11.3 Å². The molecule has 2 aliphatic rings. The van der Waals surface area contributed by atoms with Gasteiger partial charge in [-0.15, -0.1) is 0 Å². The Labute approximate surface area is 139 Å². The van der Waals surface area contributed by atoms with Crippen LogP contribution in [0.15, 0.2) is 60.9 Å². The molecule has 0 saturated carbocycles. The molecule has 25 heavy (non-hydrogen) atoms. The summed E-state index contributed by atoms with van der Waals surface area (Å²) in [6, 6.07) is 12.7. The van der Waals surface area contributed by atoms with Gasteiger partial charge in [0.2, 0.25) is 0 Å². The van der Waals surface area contributed by atoms with E-state index in [4.69, 9.17) is 18.3 Å². The largest absolute Gasteiger partial charge is 0.455 e. The van der Waals surface area contributed by atoms with Crippen LogP contribution in [0.25, 0.3) is 21.9 Å². The van der Waals surface area contributed by atoms with Gasteiger partial charge in [0.1, 0.15) is 22.3 Å². The zero-order valence-electron chi connectivity index (χ0n) is 13.0. The Hall–Kier alpha value is -3.54. The SMILES string of the molecule is Cc1c2c3c(cccc3oc1=O)O2.O=c1oc2ccccc2c2c1O2. The maximum absolute atomic E-state index is 11.2. The van der Waals surface area contributed by atoms with Crippen LogP contribution in [0.4, 0.5) is 0 Å². The molecular formula is C19H10O6. The minimum absolute atomic E-state index is 0.320. The van der Waals surface area contributed by atoms with Gasteiger partial charge in [-0.3, -0.25) is 0 Å². The second-order valence-corrected chi connectivity index (χ2v) is 5.72. The second-order valence-electron chi connectivity index (χ2n) is 5.72. The van der Waals surface area contributed by atoms with Crippen LogP contribution >= 0.6 is 0 Å². The third-order valence-corrected chi connectivity index (χ3v) is 4.16. The van der Waals surface area contributed by atoms with Crippen molar-refractivity contribution in [3.8, 4) is 23.0 Å². The van der Waals surface area contributed by atoms with Gasteiger partial charge in [0.25, 0.3) is 5.75 Å².